The van der Waals surface area contributed by atoms with Crippen LogP contribution in [0, 0.1) is 0 Å². The van der Waals surface area contributed by atoms with Crippen molar-refractivity contribution in [3.63, 3.8) is 0 Å². The van der Waals surface area contributed by atoms with E-state index >= 15 is 0 Å². The van der Waals surface area contributed by atoms with Crippen LogP contribution in [0.25, 0.3) is 11.6 Å². The molecule has 1 aliphatic rings. The van der Waals surface area contributed by atoms with Crippen molar-refractivity contribution in [1.82, 2.24) is 9.97 Å². The number of methoxy groups -OCH3 is 1. The molecule has 0 radical (unpaired) electrons. The van der Waals surface area contributed by atoms with Crippen molar-refractivity contribution in [2.45, 2.75) is 6.42 Å². The van der Waals surface area contributed by atoms with Crippen LogP contribution in [0.3, 0.4) is 0 Å². The second-order valence-electron chi connectivity index (χ2n) is 4.98. The number of anilines is 1. The van der Waals surface area contributed by atoms with Crippen LogP contribution in [0.15, 0.2) is 30.7 Å². The molecule has 0 aliphatic carbocycles. The summed E-state index contributed by atoms with van der Waals surface area (Å²) in [5, 5.41) is 0. The molecule has 0 fully saturated rings. The number of imidazole rings is 1. The van der Waals surface area contributed by atoms with E-state index in [0.29, 0.717) is 6.61 Å². The van der Waals surface area contributed by atoms with Gasteiger partial charge in [0.05, 0.1) is 31.9 Å². The van der Waals surface area contributed by atoms with Crippen molar-refractivity contribution in [3.8, 4) is 5.75 Å². The smallest absolute Gasteiger partial charge is 0.413 e. The molecule has 0 saturated heterocycles. The molecule has 0 spiro atoms. The molecule has 0 unspecified atom stereocenters. The number of ether oxygens (including phenoxy) is 2. The summed E-state index contributed by atoms with van der Waals surface area (Å²) in [5.41, 5.74) is 3.82. The first-order valence-electron chi connectivity index (χ1n) is 6.97. The number of H-pyrrole nitrogens is 1. The Hall–Kier alpha value is -2.76. The third-order valence-electron chi connectivity index (χ3n) is 3.62. The van der Waals surface area contributed by atoms with Crippen LogP contribution in [0.5, 0.6) is 5.75 Å². The maximum absolute atomic E-state index is 11.7. The van der Waals surface area contributed by atoms with Crippen LogP contribution in [0.4, 0.5) is 10.5 Å². The Kier molecular flexibility index (Phi) is 3.82. The van der Waals surface area contributed by atoms with E-state index < -0.39 is 6.09 Å². The fourth-order valence-corrected chi connectivity index (χ4v) is 2.43. The summed E-state index contributed by atoms with van der Waals surface area (Å²) in [4.78, 5) is 20.2. The Morgan fingerprint density at radius 1 is 1.50 bits per heavy atom. The molecule has 6 heteroatoms. The maximum Gasteiger partial charge on any atom is 0.413 e. The lowest BCUT2D eigenvalue weighted by molar-refractivity contribution is 0.180. The van der Waals surface area contributed by atoms with Crippen LogP contribution in [0.1, 0.15) is 17.7 Å². The van der Waals surface area contributed by atoms with Gasteiger partial charge in [0.15, 0.2) is 0 Å². The summed E-state index contributed by atoms with van der Waals surface area (Å²) >= 11 is 0. The van der Waals surface area contributed by atoms with Crippen molar-refractivity contribution in [1.29, 1.82) is 0 Å². The molecule has 1 N–H and O–H groups in total. The van der Waals surface area contributed by atoms with E-state index in [0.717, 1.165) is 34.7 Å². The van der Waals surface area contributed by atoms with Crippen LogP contribution in [0.2, 0.25) is 0 Å². The van der Waals surface area contributed by atoms with Gasteiger partial charge in [-0.1, -0.05) is 0 Å². The Morgan fingerprint density at radius 2 is 2.36 bits per heavy atom. The number of nitrogens with zero attached hydrogens (tertiary/aromatic N) is 2. The highest BCUT2D eigenvalue weighted by Gasteiger charge is 2.19. The summed E-state index contributed by atoms with van der Waals surface area (Å²) < 4.78 is 10.4. The van der Waals surface area contributed by atoms with Gasteiger partial charge in [0.1, 0.15) is 5.75 Å². The van der Waals surface area contributed by atoms with E-state index in [-0.39, 0.29) is 0 Å². The third-order valence-corrected chi connectivity index (χ3v) is 3.62. The van der Waals surface area contributed by atoms with E-state index in [4.69, 9.17) is 9.47 Å². The summed E-state index contributed by atoms with van der Waals surface area (Å²) in [7, 11) is 3.04. The lowest BCUT2D eigenvalue weighted by Crippen LogP contribution is -2.26. The maximum atomic E-state index is 11.7. The molecule has 2 aromatic rings. The summed E-state index contributed by atoms with van der Waals surface area (Å²) in [6, 6.07) is 5.66. The monoisotopic (exact) mass is 299 g/mol. The summed E-state index contributed by atoms with van der Waals surface area (Å²) in [6.45, 7) is 0.638. The van der Waals surface area contributed by atoms with Crippen molar-refractivity contribution in [2.24, 2.45) is 0 Å². The van der Waals surface area contributed by atoms with E-state index in [2.05, 4.69) is 16.0 Å². The largest absolute Gasteiger partial charge is 0.493 e. The minimum Gasteiger partial charge on any atom is -0.493 e. The van der Waals surface area contributed by atoms with Gasteiger partial charge in [-0.3, -0.25) is 4.90 Å². The Labute approximate surface area is 128 Å². The number of aromatic nitrogens is 2. The first-order chi connectivity index (χ1) is 10.7. The van der Waals surface area contributed by atoms with E-state index in [9.17, 15) is 4.79 Å². The van der Waals surface area contributed by atoms with Gasteiger partial charge >= 0.3 is 6.09 Å². The predicted octanol–water partition coefficient (Wildman–Crippen LogP) is 2.94. The Morgan fingerprint density at radius 3 is 3.09 bits per heavy atom. The third kappa shape index (κ3) is 2.67. The number of benzene rings is 1. The number of hydrogen-bond acceptors (Lipinski definition) is 4. The molecule has 1 aliphatic heterocycles. The molecule has 1 aromatic heterocycles. The number of nitrogens with one attached hydrogen (secondary N) is 1. The van der Waals surface area contributed by atoms with Gasteiger partial charge in [0.2, 0.25) is 0 Å². The SMILES string of the molecule is COC(=O)N(C)c1ccc2c(c1)/C(=C\c1cnc[nH]1)CCO2. The van der Waals surface area contributed by atoms with Crippen molar-refractivity contribution in [3.05, 3.63) is 42.0 Å². The molecular formula is C16H17N3O3. The standard InChI is InChI=1S/C16H17N3O3/c1-19(16(20)21-2)13-3-4-15-14(8-13)11(5-6-22-15)7-12-9-17-10-18-12/h3-4,7-10H,5-6H2,1-2H3,(H,17,18)/b11-7-. The lowest BCUT2D eigenvalue weighted by Gasteiger charge is -2.23. The van der Waals surface area contributed by atoms with Gasteiger partial charge in [-0.05, 0) is 29.8 Å². The molecule has 0 bridgehead atoms. The van der Waals surface area contributed by atoms with Crippen molar-refractivity contribution >= 4 is 23.4 Å². The zero-order valence-electron chi connectivity index (χ0n) is 12.5. The minimum absolute atomic E-state index is 0.407. The summed E-state index contributed by atoms with van der Waals surface area (Å²) in [6.07, 6.45) is 5.87. The molecule has 0 atom stereocenters. The molecule has 1 aromatic carbocycles. The first kappa shape index (κ1) is 14.2. The van der Waals surface area contributed by atoms with Crippen LogP contribution < -0.4 is 9.64 Å². The molecule has 1 amide bonds. The quantitative estimate of drug-likeness (QED) is 0.925. The molecule has 2 heterocycles. The number of carbonyl (C=O) groups excluding carboxylic acids is 1. The number of hydrogen-bond donors (Lipinski definition) is 1. The van der Waals surface area contributed by atoms with Gasteiger partial charge in [0.25, 0.3) is 0 Å². The molecule has 6 nitrogen and oxygen atoms in total. The Bertz CT molecular complexity index is 707. The van der Waals surface area contributed by atoms with Crippen molar-refractivity contribution < 1.29 is 14.3 Å². The lowest BCUT2D eigenvalue weighted by atomic mass is 9.98. The highest BCUT2D eigenvalue weighted by Crippen LogP contribution is 2.36. The number of amides is 1. The molecule has 114 valence electrons. The van der Waals surface area contributed by atoms with Crippen LogP contribution in [-0.2, 0) is 4.74 Å². The van der Waals surface area contributed by atoms with E-state index in [1.807, 2.05) is 18.2 Å². The second kappa shape index (κ2) is 5.93. The van der Waals surface area contributed by atoms with Gasteiger partial charge in [0, 0.05) is 24.7 Å². The van der Waals surface area contributed by atoms with Crippen molar-refractivity contribution in [2.75, 3.05) is 25.7 Å². The highest BCUT2D eigenvalue weighted by atomic mass is 16.5. The number of aromatic amines is 1. The molecular weight excluding hydrogens is 282 g/mol. The molecule has 22 heavy (non-hydrogen) atoms. The highest BCUT2D eigenvalue weighted by molar-refractivity contribution is 5.90. The predicted molar refractivity (Wildman–Crippen MR) is 83.8 cm³/mol. The number of rotatable bonds is 2. The van der Waals surface area contributed by atoms with E-state index in [1.165, 1.54) is 12.0 Å². The zero-order chi connectivity index (χ0) is 15.5. The molecule has 0 saturated carbocycles. The van der Waals surface area contributed by atoms with Gasteiger partial charge in [-0.25, -0.2) is 9.78 Å². The van der Waals surface area contributed by atoms with Gasteiger partial charge < -0.3 is 14.5 Å². The second-order valence-corrected chi connectivity index (χ2v) is 4.98. The average Bonchev–Trinajstić information content (AvgIpc) is 3.06. The zero-order valence-corrected chi connectivity index (χ0v) is 12.5. The number of fused-ring (bicyclic) bond motifs is 1. The summed E-state index contributed by atoms with van der Waals surface area (Å²) in [5.74, 6) is 0.819. The van der Waals surface area contributed by atoms with E-state index in [1.54, 1.807) is 19.6 Å². The molecule has 3 rings (SSSR count). The fraction of sp³-hybridized carbons (Fsp3) is 0.250. The number of carbonyl (C=O) groups is 1. The van der Waals surface area contributed by atoms with Gasteiger partial charge in [-0.15, -0.1) is 0 Å². The van der Waals surface area contributed by atoms with Gasteiger partial charge in [-0.2, -0.15) is 0 Å². The van der Waals surface area contributed by atoms with Crippen LogP contribution in [-0.4, -0.2) is 36.8 Å². The minimum atomic E-state index is -0.407. The normalized spacial score (nSPS) is 15.1. The first-order valence-corrected chi connectivity index (χ1v) is 6.97. The fourth-order valence-electron chi connectivity index (χ4n) is 2.43. The topological polar surface area (TPSA) is 67.5 Å². The Balaban J connectivity index is 2.00. The van der Waals surface area contributed by atoms with Crippen LogP contribution >= 0.6 is 0 Å². The average molecular weight is 299 g/mol.